The Kier molecular flexibility index (Phi) is 4.55. The summed E-state index contributed by atoms with van der Waals surface area (Å²) in [6.07, 6.45) is 1.77. The summed E-state index contributed by atoms with van der Waals surface area (Å²) in [5, 5.41) is 11.4. The maximum Gasteiger partial charge on any atom is 0.308 e. The lowest BCUT2D eigenvalue weighted by atomic mass is 10.1. The molecule has 1 unspecified atom stereocenters. The second-order valence-electron chi connectivity index (χ2n) is 3.69. The van der Waals surface area contributed by atoms with Gasteiger partial charge in [0.25, 0.3) is 0 Å². The zero-order valence-corrected chi connectivity index (χ0v) is 8.86. The molecular formula is C10H17NO4. The van der Waals surface area contributed by atoms with E-state index in [0.717, 1.165) is 12.8 Å². The normalized spacial score (nSPS) is 22.3. The third-order valence-corrected chi connectivity index (χ3v) is 2.59. The van der Waals surface area contributed by atoms with Gasteiger partial charge in [-0.05, 0) is 19.3 Å². The molecule has 1 heterocycles. The molecule has 0 aromatic heterocycles. The molecule has 0 saturated carbocycles. The van der Waals surface area contributed by atoms with Crippen molar-refractivity contribution in [1.29, 1.82) is 0 Å². The lowest BCUT2D eigenvalue weighted by Gasteiger charge is -2.13. The molecule has 15 heavy (non-hydrogen) atoms. The quantitative estimate of drug-likeness (QED) is 0.695. The van der Waals surface area contributed by atoms with Crippen molar-refractivity contribution in [3.63, 3.8) is 0 Å². The van der Waals surface area contributed by atoms with E-state index in [1.807, 2.05) is 0 Å². The summed E-state index contributed by atoms with van der Waals surface area (Å²) in [4.78, 5) is 22.1. The summed E-state index contributed by atoms with van der Waals surface area (Å²) in [7, 11) is 0. The molecule has 1 fully saturated rings. The number of carboxylic acids is 1. The third kappa shape index (κ3) is 3.51. The Morgan fingerprint density at radius 1 is 1.60 bits per heavy atom. The molecule has 0 aliphatic carbocycles. The maximum absolute atomic E-state index is 11.5. The van der Waals surface area contributed by atoms with E-state index in [-0.39, 0.29) is 18.6 Å². The fraction of sp³-hybridized carbons (Fsp3) is 0.800. The van der Waals surface area contributed by atoms with Crippen molar-refractivity contribution in [2.75, 3.05) is 13.2 Å². The van der Waals surface area contributed by atoms with Crippen LogP contribution in [0.5, 0.6) is 0 Å². The molecule has 0 aromatic rings. The fourth-order valence-electron chi connectivity index (χ4n) is 1.53. The van der Waals surface area contributed by atoms with Crippen molar-refractivity contribution in [1.82, 2.24) is 5.32 Å². The summed E-state index contributed by atoms with van der Waals surface area (Å²) in [6, 6.07) is 0. The summed E-state index contributed by atoms with van der Waals surface area (Å²) < 4.78 is 5.18. The predicted octanol–water partition coefficient (Wildman–Crippen LogP) is 0.392. The first-order valence-electron chi connectivity index (χ1n) is 5.27. The van der Waals surface area contributed by atoms with Gasteiger partial charge in [-0.25, -0.2) is 0 Å². The highest BCUT2D eigenvalue weighted by atomic mass is 16.5. The SMILES string of the molecule is CCC(CNC(=O)[C@H]1CCCO1)C(=O)O. The van der Waals surface area contributed by atoms with E-state index in [1.54, 1.807) is 6.92 Å². The van der Waals surface area contributed by atoms with E-state index >= 15 is 0 Å². The minimum Gasteiger partial charge on any atom is -0.481 e. The van der Waals surface area contributed by atoms with E-state index in [9.17, 15) is 9.59 Å². The smallest absolute Gasteiger partial charge is 0.308 e. The Labute approximate surface area is 88.8 Å². The van der Waals surface area contributed by atoms with Crippen LogP contribution in [0.15, 0.2) is 0 Å². The van der Waals surface area contributed by atoms with E-state index in [1.165, 1.54) is 0 Å². The number of carbonyl (C=O) groups excluding carboxylic acids is 1. The number of amides is 1. The number of carbonyl (C=O) groups is 2. The molecular weight excluding hydrogens is 198 g/mol. The topological polar surface area (TPSA) is 75.6 Å². The highest BCUT2D eigenvalue weighted by Crippen LogP contribution is 2.12. The van der Waals surface area contributed by atoms with Gasteiger partial charge < -0.3 is 15.2 Å². The van der Waals surface area contributed by atoms with Crippen LogP contribution in [0.2, 0.25) is 0 Å². The van der Waals surface area contributed by atoms with Crippen molar-refractivity contribution in [3.05, 3.63) is 0 Å². The van der Waals surface area contributed by atoms with Crippen molar-refractivity contribution in [2.24, 2.45) is 5.92 Å². The van der Waals surface area contributed by atoms with Crippen LogP contribution in [-0.2, 0) is 14.3 Å². The minimum atomic E-state index is -0.870. The average Bonchev–Trinajstić information content (AvgIpc) is 2.70. The number of carboxylic acid groups (broad SMARTS) is 1. The number of ether oxygens (including phenoxy) is 1. The summed E-state index contributed by atoms with van der Waals surface area (Å²) in [6.45, 7) is 2.59. The molecule has 0 radical (unpaired) electrons. The molecule has 1 amide bonds. The Balaban J connectivity index is 2.28. The summed E-state index contributed by atoms with van der Waals surface area (Å²) in [5.74, 6) is -1.56. The molecule has 86 valence electrons. The zero-order valence-electron chi connectivity index (χ0n) is 8.86. The van der Waals surface area contributed by atoms with Crippen molar-refractivity contribution in [2.45, 2.75) is 32.3 Å². The highest BCUT2D eigenvalue weighted by Gasteiger charge is 2.24. The number of rotatable bonds is 5. The number of nitrogens with one attached hydrogen (secondary N) is 1. The molecule has 1 aliphatic heterocycles. The first-order chi connectivity index (χ1) is 7.15. The molecule has 2 atom stereocenters. The van der Waals surface area contributed by atoms with Crippen LogP contribution in [0.4, 0.5) is 0 Å². The van der Waals surface area contributed by atoms with E-state index in [2.05, 4.69) is 5.32 Å². The van der Waals surface area contributed by atoms with E-state index in [0.29, 0.717) is 13.0 Å². The van der Waals surface area contributed by atoms with E-state index < -0.39 is 11.9 Å². The first-order valence-corrected chi connectivity index (χ1v) is 5.27. The predicted molar refractivity (Wildman–Crippen MR) is 53.4 cm³/mol. The second-order valence-corrected chi connectivity index (χ2v) is 3.69. The van der Waals surface area contributed by atoms with Crippen molar-refractivity contribution >= 4 is 11.9 Å². The average molecular weight is 215 g/mol. The van der Waals surface area contributed by atoms with E-state index in [4.69, 9.17) is 9.84 Å². The molecule has 0 aromatic carbocycles. The van der Waals surface area contributed by atoms with Crippen LogP contribution < -0.4 is 5.32 Å². The van der Waals surface area contributed by atoms with Gasteiger partial charge in [0.2, 0.25) is 5.91 Å². The van der Waals surface area contributed by atoms with Crippen molar-refractivity contribution in [3.8, 4) is 0 Å². The van der Waals surface area contributed by atoms with Gasteiger partial charge in [-0.1, -0.05) is 6.92 Å². The first kappa shape index (κ1) is 12.0. The van der Waals surface area contributed by atoms with Crippen LogP contribution in [-0.4, -0.2) is 36.2 Å². The summed E-state index contributed by atoms with van der Waals surface area (Å²) >= 11 is 0. The zero-order chi connectivity index (χ0) is 11.3. The minimum absolute atomic E-state index is 0.185. The van der Waals surface area contributed by atoms with Crippen LogP contribution >= 0.6 is 0 Å². The largest absolute Gasteiger partial charge is 0.481 e. The molecule has 0 spiro atoms. The Bertz CT molecular complexity index is 236. The van der Waals surface area contributed by atoms with Gasteiger partial charge in [-0.15, -0.1) is 0 Å². The fourth-order valence-corrected chi connectivity index (χ4v) is 1.53. The van der Waals surface area contributed by atoms with Gasteiger partial charge in [0, 0.05) is 13.2 Å². The van der Waals surface area contributed by atoms with Gasteiger partial charge in [0.15, 0.2) is 0 Å². The molecule has 0 bridgehead atoms. The van der Waals surface area contributed by atoms with Gasteiger partial charge in [-0.3, -0.25) is 9.59 Å². The number of aliphatic carboxylic acids is 1. The molecule has 1 rings (SSSR count). The Hall–Kier alpha value is -1.10. The number of hydrogen-bond donors (Lipinski definition) is 2. The van der Waals surface area contributed by atoms with Gasteiger partial charge in [0.05, 0.1) is 5.92 Å². The van der Waals surface area contributed by atoms with Crippen LogP contribution in [0, 0.1) is 5.92 Å². The summed E-state index contributed by atoms with van der Waals surface area (Å²) in [5.41, 5.74) is 0. The van der Waals surface area contributed by atoms with Crippen molar-refractivity contribution < 1.29 is 19.4 Å². The van der Waals surface area contributed by atoms with Crippen LogP contribution in [0.3, 0.4) is 0 Å². The molecule has 5 heteroatoms. The van der Waals surface area contributed by atoms with Gasteiger partial charge in [0.1, 0.15) is 6.10 Å². The van der Waals surface area contributed by atoms with Gasteiger partial charge in [-0.2, -0.15) is 0 Å². The Morgan fingerprint density at radius 2 is 2.33 bits per heavy atom. The second kappa shape index (κ2) is 5.70. The standard InChI is InChI=1S/C10H17NO4/c1-2-7(10(13)14)6-11-9(12)8-4-3-5-15-8/h7-8H,2-6H2,1H3,(H,11,12)(H,13,14)/t7?,8-/m1/s1. The molecule has 2 N–H and O–H groups in total. The molecule has 1 saturated heterocycles. The Morgan fingerprint density at radius 3 is 2.80 bits per heavy atom. The lowest BCUT2D eigenvalue weighted by molar-refractivity contribution is -0.142. The molecule has 1 aliphatic rings. The van der Waals surface area contributed by atoms with Gasteiger partial charge >= 0.3 is 5.97 Å². The maximum atomic E-state index is 11.5. The highest BCUT2D eigenvalue weighted by molar-refractivity contribution is 5.81. The lowest BCUT2D eigenvalue weighted by Crippen LogP contribution is -2.38. The monoisotopic (exact) mass is 215 g/mol. The third-order valence-electron chi connectivity index (χ3n) is 2.59. The molecule has 5 nitrogen and oxygen atoms in total. The van der Waals surface area contributed by atoms with Crippen LogP contribution in [0.1, 0.15) is 26.2 Å². The van der Waals surface area contributed by atoms with Crippen LogP contribution in [0.25, 0.3) is 0 Å². The number of hydrogen-bond acceptors (Lipinski definition) is 3.